The summed E-state index contributed by atoms with van der Waals surface area (Å²) in [6.07, 6.45) is 2.08. The summed E-state index contributed by atoms with van der Waals surface area (Å²) >= 11 is 0. The molecule has 0 aromatic heterocycles. The van der Waals surface area contributed by atoms with Gasteiger partial charge in [0.2, 0.25) is 15.9 Å². The molecule has 1 aliphatic heterocycles. The van der Waals surface area contributed by atoms with Gasteiger partial charge in [-0.15, -0.1) is 0 Å². The quantitative estimate of drug-likeness (QED) is 0.585. The Kier molecular flexibility index (Phi) is 8.06. The number of benzene rings is 2. The molecule has 0 bridgehead atoms. The summed E-state index contributed by atoms with van der Waals surface area (Å²) in [5, 5.41) is 2.85. The fourth-order valence-electron chi connectivity index (χ4n) is 3.54. The zero-order valence-corrected chi connectivity index (χ0v) is 18.8. The second-order valence-corrected chi connectivity index (χ2v) is 9.32. The molecule has 1 heterocycles. The largest absolute Gasteiger partial charge is 0.494 e. The zero-order valence-electron chi connectivity index (χ0n) is 18.0. The van der Waals surface area contributed by atoms with E-state index in [9.17, 15) is 13.2 Å². The molecule has 31 heavy (non-hydrogen) atoms. The number of sulfonamides is 1. The number of rotatable bonds is 10. The number of ether oxygens (including phenoxy) is 2. The number of carbonyl (C=O) groups is 1. The highest BCUT2D eigenvalue weighted by molar-refractivity contribution is 7.89. The molecule has 0 saturated carbocycles. The summed E-state index contributed by atoms with van der Waals surface area (Å²) in [6, 6.07) is 13.1. The van der Waals surface area contributed by atoms with Crippen LogP contribution < -0.4 is 14.8 Å². The zero-order chi connectivity index (χ0) is 22.3. The minimum absolute atomic E-state index is 0.0216. The number of amides is 1. The van der Waals surface area contributed by atoms with Gasteiger partial charge in [0.25, 0.3) is 0 Å². The van der Waals surface area contributed by atoms with Gasteiger partial charge in [0, 0.05) is 13.2 Å². The lowest BCUT2D eigenvalue weighted by Gasteiger charge is -2.20. The van der Waals surface area contributed by atoms with E-state index in [1.165, 1.54) is 6.07 Å². The van der Waals surface area contributed by atoms with Crippen LogP contribution in [-0.2, 0) is 26.0 Å². The number of carbonyl (C=O) groups excluding carboxylic acids is 1. The van der Waals surface area contributed by atoms with Crippen LogP contribution in [0.3, 0.4) is 0 Å². The van der Waals surface area contributed by atoms with E-state index in [-0.39, 0.29) is 23.3 Å². The van der Waals surface area contributed by atoms with E-state index in [0.717, 1.165) is 18.4 Å². The van der Waals surface area contributed by atoms with E-state index in [4.69, 9.17) is 9.47 Å². The van der Waals surface area contributed by atoms with Crippen molar-refractivity contribution in [2.45, 2.75) is 50.2 Å². The first-order valence-corrected chi connectivity index (χ1v) is 12.1. The number of hydrogen-bond acceptors (Lipinski definition) is 5. The standard InChI is InChI=1S/C23H30N2O5S/c1-3-29-22-12-11-20(14-17(22)2)31(27,28)25-21(15-18-8-5-4-6-9-18)23(26)24-16-19-10-7-13-30-19/h4-6,8-9,11-12,14,19,21,25H,3,7,10,13,15-16H2,1-2H3,(H,24,26)/t19-,21+/m1/s1. The monoisotopic (exact) mass is 446 g/mol. The van der Waals surface area contributed by atoms with Crippen molar-refractivity contribution in [2.75, 3.05) is 19.8 Å². The van der Waals surface area contributed by atoms with Crippen molar-refractivity contribution in [1.82, 2.24) is 10.0 Å². The average molecular weight is 447 g/mol. The van der Waals surface area contributed by atoms with Gasteiger partial charge in [0.05, 0.1) is 17.6 Å². The minimum Gasteiger partial charge on any atom is -0.494 e. The van der Waals surface area contributed by atoms with E-state index in [2.05, 4.69) is 10.0 Å². The fraction of sp³-hybridized carbons (Fsp3) is 0.435. The maximum atomic E-state index is 13.1. The molecule has 2 atom stereocenters. The van der Waals surface area contributed by atoms with Crippen LogP contribution in [0.2, 0.25) is 0 Å². The van der Waals surface area contributed by atoms with Crippen molar-refractivity contribution in [3.8, 4) is 5.75 Å². The molecule has 2 aromatic carbocycles. The lowest BCUT2D eigenvalue weighted by molar-refractivity contribution is -0.123. The third-order valence-electron chi connectivity index (χ3n) is 5.18. The average Bonchev–Trinajstić information content (AvgIpc) is 3.27. The molecule has 2 aromatic rings. The van der Waals surface area contributed by atoms with E-state index in [1.807, 2.05) is 37.3 Å². The second-order valence-electron chi connectivity index (χ2n) is 7.60. The third kappa shape index (κ3) is 6.53. The summed E-state index contributed by atoms with van der Waals surface area (Å²) in [4.78, 5) is 13.0. The van der Waals surface area contributed by atoms with Crippen molar-refractivity contribution in [1.29, 1.82) is 0 Å². The van der Waals surface area contributed by atoms with Crippen molar-refractivity contribution in [3.63, 3.8) is 0 Å². The molecular weight excluding hydrogens is 416 g/mol. The lowest BCUT2D eigenvalue weighted by Crippen LogP contribution is -2.49. The summed E-state index contributed by atoms with van der Waals surface area (Å²) in [6.45, 7) is 5.22. The van der Waals surface area contributed by atoms with Gasteiger partial charge in [0.15, 0.2) is 0 Å². The van der Waals surface area contributed by atoms with Crippen molar-refractivity contribution in [2.24, 2.45) is 0 Å². The van der Waals surface area contributed by atoms with Crippen LogP contribution in [0.4, 0.5) is 0 Å². The molecular formula is C23H30N2O5S. The van der Waals surface area contributed by atoms with E-state index in [1.54, 1.807) is 19.1 Å². The molecule has 0 aliphatic carbocycles. The van der Waals surface area contributed by atoms with Gasteiger partial charge in [-0.1, -0.05) is 30.3 Å². The van der Waals surface area contributed by atoms with E-state index >= 15 is 0 Å². The molecule has 1 fully saturated rings. The Morgan fingerprint density at radius 2 is 2.00 bits per heavy atom. The molecule has 0 unspecified atom stereocenters. The van der Waals surface area contributed by atoms with E-state index < -0.39 is 16.1 Å². The first-order chi connectivity index (χ1) is 14.9. The van der Waals surface area contributed by atoms with Gasteiger partial charge in [-0.2, -0.15) is 4.72 Å². The summed E-state index contributed by atoms with van der Waals surface area (Å²) in [5.41, 5.74) is 1.58. The highest BCUT2D eigenvalue weighted by atomic mass is 32.2. The lowest BCUT2D eigenvalue weighted by atomic mass is 10.1. The van der Waals surface area contributed by atoms with Gasteiger partial charge >= 0.3 is 0 Å². The predicted molar refractivity (Wildman–Crippen MR) is 119 cm³/mol. The van der Waals surface area contributed by atoms with Crippen LogP contribution in [0, 0.1) is 6.92 Å². The van der Waals surface area contributed by atoms with Crippen molar-refractivity contribution < 1.29 is 22.7 Å². The van der Waals surface area contributed by atoms with Gasteiger partial charge in [-0.05, 0) is 62.4 Å². The van der Waals surface area contributed by atoms with Gasteiger partial charge in [-0.3, -0.25) is 4.79 Å². The molecule has 1 amide bonds. The molecule has 3 rings (SSSR count). The fourth-order valence-corrected chi connectivity index (χ4v) is 4.82. The van der Waals surface area contributed by atoms with Crippen molar-refractivity contribution in [3.05, 3.63) is 59.7 Å². The molecule has 1 saturated heterocycles. The molecule has 1 aliphatic rings. The van der Waals surface area contributed by atoms with Crippen LogP contribution in [0.1, 0.15) is 30.9 Å². The Bertz CT molecular complexity index is 973. The number of aryl methyl sites for hydroxylation is 1. The second kappa shape index (κ2) is 10.7. The number of hydrogen-bond donors (Lipinski definition) is 2. The van der Waals surface area contributed by atoms with E-state index in [0.29, 0.717) is 31.1 Å². The number of nitrogens with one attached hydrogen (secondary N) is 2. The summed E-state index contributed by atoms with van der Waals surface area (Å²) in [5.74, 6) is 0.266. The van der Waals surface area contributed by atoms with Gasteiger partial charge < -0.3 is 14.8 Å². The molecule has 7 nitrogen and oxygen atoms in total. The van der Waals surface area contributed by atoms with Crippen LogP contribution >= 0.6 is 0 Å². The topological polar surface area (TPSA) is 93.7 Å². The van der Waals surface area contributed by atoms with Gasteiger partial charge in [-0.25, -0.2) is 8.42 Å². The Morgan fingerprint density at radius 3 is 2.65 bits per heavy atom. The Labute approximate surface area is 184 Å². The van der Waals surface area contributed by atoms with Crippen LogP contribution in [0.5, 0.6) is 5.75 Å². The highest BCUT2D eigenvalue weighted by Crippen LogP contribution is 2.22. The molecule has 2 N–H and O–H groups in total. The summed E-state index contributed by atoms with van der Waals surface area (Å²) in [7, 11) is -3.91. The van der Waals surface area contributed by atoms with Crippen LogP contribution in [-0.4, -0.2) is 46.2 Å². The molecule has 0 radical (unpaired) electrons. The maximum Gasteiger partial charge on any atom is 0.241 e. The Hall–Kier alpha value is -2.42. The normalized spacial score (nSPS) is 17.3. The SMILES string of the molecule is CCOc1ccc(S(=O)(=O)N[C@@H](Cc2ccccc2)C(=O)NC[C@H]2CCCO2)cc1C. The Balaban J connectivity index is 1.77. The molecule has 8 heteroatoms. The smallest absolute Gasteiger partial charge is 0.241 e. The molecule has 168 valence electrons. The van der Waals surface area contributed by atoms with Crippen LogP contribution in [0.15, 0.2) is 53.4 Å². The highest BCUT2D eigenvalue weighted by Gasteiger charge is 2.27. The Morgan fingerprint density at radius 1 is 1.23 bits per heavy atom. The minimum atomic E-state index is -3.91. The first kappa shape index (κ1) is 23.2. The first-order valence-electron chi connectivity index (χ1n) is 10.6. The summed E-state index contributed by atoms with van der Waals surface area (Å²) < 4.78 is 39.8. The maximum absolute atomic E-state index is 13.1. The van der Waals surface area contributed by atoms with Gasteiger partial charge in [0.1, 0.15) is 11.8 Å². The van der Waals surface area contributed by atoms with Crippen LogP contribution in [0.25, 0.3) is 0 Å². The predicted octanol–water partition coefficient (Wildman–Crippen LogP) is 2.58. The molecule has 0 spiro atoms. The van der Waals surface area contributed by atoms with Crippen molar-refractivity contribution >= 4 is 15.9 Å². The third-order valence-corrected chi connectivity index (χ3v) is 6.65.